The zero-order chi connectivity index (χ0) is 13.1. The van der Waals surface area contributed by atoms with E-state index in [0.29, 0.717) is 10.3 Å². The molecule has 0 aliphatic carbocycles. The van der Waals surface area contributed by atoms with E-state index in [4.69, 9.17) is 23.2 Å². The molecule has 1 aromatic carbocycles. The smallest absolute Gasteiger partial charge is 0.175 e. The molecule has 2 aromatic rings. The number of rotatable bonds is 3. The van der Waals surface area contributed by atoms with Crippen LogP contribution < -0.4 is 4.90 Å². The number of nitrogens with zero attached hydrogens (tertiary/aromatic N) is 3. The average Bonchev–Trinajstić information content (AvgIpc) is 2.37. The van der Waals surface area contributed by atoms with E-state index in [1.807, 2.05) is 24.0 Å². The van der Waals surface area contributed by atoms with Crippen molar-refractivity contribution in [2.45, 2.75) is 13.8 Å². The van der Waals surface area contributed by atoms with Crippen molar-refractivity contribution in [2.75, 3.05) is 11.4 Å². The standard InChI is InChI=1S/C13H13Cl2N3/c1-3-18(10-6-4-9(2)5-7-10)11-8-12(14)16-17-13(11)15/h4-8H,3H2,1-2H3. The van der Waals surface area contributed by atoms with Gasteiger partial charge in [-0.05, 0) is 26.0 Å². The maximum absolute atomic E-state index is 6.08. The predicted octanol–water partition coefficient (Wildman–Crippen LogP) is 4.25. The van der Waals surface area contributed by atoms with Gasteiger partial charge >= 0.3 is 0 Å². The van der Waals surface area contributed by atoms with Crippen molar-refractivity contribution < 1.29 is 0 Å². The molecule has 0 aliphatic heterocycles. The summed E-state index contributed by atoms with van der Waals surface area (Å²) >= 11 is 11.9. The third-order valence-electron chi connectivity index (χ3n) is 2.65. The van der Waals surface area contributed by atoms with Crippen LogP contribution in [0.4, 0.5) is 11.4 Å². The van der Waals surface area contributed by atoms with Crippen LogP contribution in [0.1, 0.15) is 12.5 Å². The Labute approximate surface area is 116 Å². The minimum Gasteiger partial charge on any atom is -0.339 e. The fourth-order valence-electron chi connectivity index (χ4n) is 1.75. The van der Waals surface area contributed by atoms with E-state index >= 15 is 0 Å². The first-order chi connectivity index (χ1) is 8.61. The van der Waals surface area contributed by atoms with Crippen LogP contribution in [0.3, 0.4) is 0 Å². The fraction of sp³-hybridized carbons (Fsp3) is 0.231. The molecule has 0 bridgehead atoms. The lowest BCUT2D eigenvalue weighted by molar-refractivity contribution is 0.974. The Hall–Kier alpha value is -1.32. The molecule has 0 amide bonds. The van der Waals surface area contributed by atoms with E-state index in [1.165, 1.54) is 5.56 Å². The Bertz CT molecular complexity index is 540. The first-order valence-electron chi connectivity index (χ1n) is 5.64. The second kappa shape index (κ2) is 5.55. The van der Waals surface area contributed by atoms with Gasteiger partial charge in [-0.15, -0.1) is 10.2 Å². The number of halogens is 2. The molecule has 0 aliphatic rings. The molecule has 0 atom stereocenters. The van der Waals surface area contributed by atoms with Gasteiger partial charge in [-0.2, -0.15) is 0 Å². The molecular weight excluding hydrogens is 269 g/mol. The summed E-state index contributed by atoms with van der Waals surface area (Å²) in [6.45, 7) is 4.87. The molecule has 94 valence electrons. The molecule has 3 nitrogen and oxygen atoms in total. The van der Waals surface area contributed by atoms with Crippen LogP contribution in [0, 0.1) is 6.92 Å². The van der Waals surface area contributed by atoms with E-state index in [-0.39, 0.29) is 0 Å². The number of hydrogen-bond acceptors (Lipinski definition) is 3. The van der Waals surface area contributed by atoms with Crippen LogP contribution in [0.2, 0.25) is 10.3 Å². The SMILES string of the molecule is CCN(c1ccc(C)cc1)c1cc(Cl)nnc1Cl. The van der Waals surface area contributed by atoms with Gasteiger partial charge in [0.25, 0.3) is 0 Å². The molecule has 2 rings (SSSR count). The highest BCUT2D eigenvalue weighted by Crippen LogP contribution is 2.31. The van der Waals surface area contributed by atoms with E-state index < -0.39 is 0 Å². The molecular formula is C13H13Cl2N3. The van der Waals surface area contributed by atoms with Crippen LogP contribution in [0.5, 0.6) is 0 Å². The second-order valence-electron chi connectivity index (χ2n) is 3.92. The topological polar surface area (TPSA) is 29.0 Å². The van der Waals surface area contributed by atoms with Crippen LogP contribution >= 0.6 is 23.2 Å². The highest BCUT2D eigenvalue weighted by Gasteiger charge is 2.13. The van der Waals surface area contributed by atoms with Crippen LogP contribution in [0.15, 0.2) is 30.3 Å². The highest BCUT2D eigenvalue weighted by atomic mass is 35.5. The summed E-state index contributed by atoms with van der Waals surface area (Å²) in [5.41, 5.74) is 3.03. The Balaban J connectivity index is 2.44. The third-order valence-corrected chi connectivity index (χ3v) is 3.11. The Kier molecular flexibility index (Phi) is 4.04. The summed E-state index contributed by atoms with van der Waals surface area (Å²) in [5, 5.41) is 8.24. The largest absolute Gasteiger partial charge is 0.339 e. The summed E-state index contributed by atoms with van der Waals surface area (Å²) < 4.78 is 0. The van der Waals surface area contributed by atoms with Gasteiger partial charge in [0.1, 0.15) is 0 Å². The quantitative estimate of drug-likeness (QED) is 0.842. The summed E-state index contributed by atoms with van der Waals surface area (Å²) in [4.78, 5) is 2.04. The first kappa shape index (κ1) is 13.1. The van der Waals surface area contributed by atoms with Gasteiger partial charge in [0, 0.05) is 18.3 Å². The van der Waals surface area contributed by atoms with Gasteiger partial charge in [-0.25, -0.2) is 0 Å². The normalized spacial score (nSPS) is 10.4. The molecule has 0 unspecified atom stereocenters. The average molecular weight is 282 g/mol. The highest BCUT2D eigenvalue weighted by molar-refractivity contribution is 6.33. The van der Waals surface area contributed by atoms with Crippen molar-refractivity contribution in [3.8, 4) is 0 Å². The molecule has 1 heterocycles. The van der Waals surface area contributed by atoms with Crippen molar-refractivity contribution in [3.05, 3.63) is 46.2 Å². The molecule has 18 heavy (non-hydrogen) atoms. The molecule has 1 aromatic heterocycles. The van der Waals surface area contributed by atoms with Crippen molar-refractivity contribution in [3.63, 3.8) is 0 Å². The fourth-order valence-corrected chi connectivity index (χ4v) is 2.09. The molecule has 0 spiro atoms. The van der Waals surface area contributed by atoms with Gasteiger partial charge in [0.15, 0.2) is 10.3 Å². The lowest BCUT2D eigenvalue weighted by Gasteiger charge is -2.23. The summed E-state index contributed by atoms with van der Waals surface area (Å²) in [6.07, 6.45) is 0. The molecule has 0 saturated carbocycles. The van der Waals surface area contributed by atoms with E-state index in [1.54, 1.807) is 6.07 Å². The molecule has 0 radical (unpaired) electrons. The number of benzene rings is 1. The van der Waals surface area contributed by atoms with Crippen LogP contribution in [-0.4, -0.2) is 16.7 Å². The summed E-state index contributed by atoms with van der Waals surface area (Å²) in [5.74, 6) is 0. The minimum absolute atomic E-state index is 0.333. The lowest BCUT2D eigenvalue weighted by atomic mass is 10.2. The molecule has 5 heteroatoms. The van der Waals surface area contributed by atoms with Gasteiger partial charge in [-0.1, -0.05) is 40.9 Å². The Morgan fingerprint density at radius 3 is 2.39 bits per heavy atom. The van der Waals surface area contributed by atoms with Crippen LogP contribution in [-0.2, 0) is 0 Å². The maximum atomic E-state index is 6.08. The molecule has 0 fully saturated rings. The number of aromatic nitrogens is 2. The number of anilines is 2. The van der Waals surface area contributed by atoms with Gasteiger partial charge in [0.05, 0.1) is 5.69 Å². The van der Waals surface area contributed by atoms with Crippen molar-refractivity contribution in [1.29, 1.82) is 0 Å². The minimum atomic E-state index is 0.333. The second-order valence-corrected chi connectivity index (χ2v) is 4.67. The van der Waals surface area contributed by atoms with Crippen LogP contribution in [0.25, 0.3) is 0 Å². The van der Waals surface area contributed by atoms with Gasteiger partial charge in [-0.3, -0.25) is 0 Å². The Morgan fingerprint density at radius 1 is 1.11 bits per heavy atom. The third kappa shape index (κ3) is 2.74. The van der Waals surface area contributed by atoms with E-state index in [0.717, 1.165) is 17.9 Å². The van der Waals surface area contributed by atoms with E-state index in [2.05, 4.69) is 29.3 Å². The van der Waals surface area contributed by atoms with Crippen molar-refractivity contribution >= 4 is 34.6 Å². The van der Waals surface area contributed by atoms with Gasteiger partial charge < -0.3 is 4.90 Å². The maximum Gasteiger partial charge on any atom is 0.175 e. The monoisotopic (exact) mass is 281 g/mol. The molecule has 0 N–H and O–H groups in total. The predicted molar refractivity (Wildman–Crippen MR) is 75.9 cm³/mol. The van der Waals surface area contributed by atoms with Gasteiger partial charge in [0.2, 0.25) is 0 Å². The number of hydrogen-bond donors (Lipinski definition) is 0. The Morgan fingerprint density at radius 2 is 1.78 bits per heavy atom. The van der Waals surface area contributed by atoms with E-state index in [9.17, 15) is 0 Å². The van der Waals surface area contributed by atoms with Crippen molar-refractivity contribution in [1.82, 2.24) is 10.2 Å². The number of aryl methyl sites for hydroxylation is 1. The summed E-state index contributed by atoms with van der Waals surface area (Å²) in [7, 11) is 0. The summed E-state index contributed by atoms with van der Waals surface area (Å²) in [6, 6.07) is 9.93. The first-order valence-corrected chi connectivity index (χ1v) is 6.40. The zero-order valence-electron chi connectivity index (χ0n) is 10.2. The molecule has 0 saturated heterocycles. The lowest BCUT2D eigenvalue weighted by Crippen LogP contribution is -2.17. The van der Waals surface area contributed by atoms with Crippen molar-refractivity contribution in [2.24, 2.45) is 0 Å². The zero-order valence-corrected chi connectivity index (χ0v) is 11.7.